The number of likely N-dealkylation sites (tertiary alicyclic amines) is 1. The number of carbonyl (C=O) groups excluding carboxylic acids is 1. The van der Waals surface area contributed by atoms with Gasteiger partial charge in [0, 0.05) is 17.8 Å². The lowest BCUT2D eigenvalue weighted by Gasteiger charge is -2.23. The molecule has 0 unspecified atom stereocenters. The Labute approximate surface area is 136 Å². The van der Waals surface area contributed by atoms with Gasteiger partial charge in [0.15, 0.2) is 0 Å². The van der Waals surface area contributed by atoms with Gasteiger partial charge >= 0.3 is 0 Å². The van der Waals surface area contributed by atoms with Crippen LogP contribution in [-0.4, -0.2) is 44.9 Å². The van der Waals surface area contributed by atoms with Crippen molar-refractivity contribution in [2.45, 2.75) is 39.3 Å². The number of hydrogen-bond donors (Lipinski definition) is 1. The van der Waals surface area contributed by atoms with Crippen LogP contribution in [0, 0.1) is 13.8 Å². The SMILES string of the molecule is Cc1cc(C)n(Cc2ccc(C(=O)N3CCC[C@H]3CO)cc2)n1. The molecule has 1 saturated heterocycles. The van der Waals surface area contributed by atoms with Crippen LogP contribution >= 0.6 is 0 Å². The highest BCUT2D eigenvalue weighted by Gasteiger charge is 2.28. The summed E-state index contributed by atoms with van der Waals surface area (Å²) in [6.45, 7) is 5.51. The van der Waals surface area contributed by atoms with Gasteiger partial charge in [0.05, 0.1) is 24.9 Å². The fourth-order valence-electron chi connectivity index (χ4n) is 3.22. The highest BCUT2D eigenvalue weighted by molar-refractivity contribution is 5.94. The predicted molar refractivity (Wildman–Crippen MR) is 88.4 cm³/mol. The van der Waals surface area contributed by atoms with E-state index in [4.69, 9.17) is 0 Å². The molecule has 1 atom stereocenters. The van der Waals surface area contributed by atoms with Crippen LogP contribution in [0.5, 0.6) is 0 Å². The van der Waals surface area contributed by atoms with Gasteiger partial charge in [-0.25, -0.2) is 0 Å². The number of amides is 1. The Morgan fingerprint density at radius 3 is 2.65 bits per heavy atom. The standard InChI is InChI=1S/C18H23N3O2/c1-13-10-14(2)21(19-13)11-15-5-7-16(8-6-15)18(23)20-9-3-4-17(20)12-22/h5-8,10,17,22H,3-4,9,11-12H2,1-2H3/t17-/m0/s1. The highest BCUT2D eigenvalue weighted by atomic mass is 16.3. The Hall–Kier alpha value is -2.14. The molecular formula is C18H23N3O2. The fraction of sp³-hybridized carbons (Fsp3) is 0.444. The lowest BCUT2D eigenvalue weighted by atomic mass is 10.1. The Morgan fingerprint density at radius 1 is 1.30 bits per heavy atom. The molecule has 1 aromatic carbocycles. The van der Waals surface area contributed by atoms with Crippen LogP contribution in [0.15, 0.2) is 30.3 Å². The number of rotatable bonds is 4. The van der Waals surface area contributed by atoms with Crippen molar-refractivity contribution in [3.05, 3.63) is 52.8 Å². The van der Waals surface area contributed by atoms with Gasteiger partial charge in [-0.15, -0.1) is 0 Å². The zero-order chi connectivity index (χ0) is 16.4. The summed E-state index contributed by atoms with van der Waals surface area (Å²) in [4.78, 5) is 14.3. The molecule has 1 amide bonds. The molecular weight excluding hydrogens is 290 g/mol. The topological polar surface area (TPSA) is 58.4 Å². The van der Waals surface area contributed by atoms with Gasteiger partial charge in [0.1, 0.15) is 0 Å². The smallest absolute Gasteiger partial charge is 0.254 e. The maximum Gasteiger partial charge on any atom is 0.254 e. The largest absolute Gasteiger partial charge is 0.394 e. The number of aryl methyl sites for hydroxylation is 2. The Bertz CT molecular complexity index is 691. The molecule has 5 nitrogen and oxygen atoms in total. The zero-order valence-electron chi connectivity index (χ0n) is 13.7. The Kier molecular flexibility index (Phi) is 4.48. The third-order valence-corrected chi connectivity index (χ3v) is 4.49. The molecule has 1 aliphatic rings. The van der Waals surface area contributed by atoms with Gasteiger partial charge in [0.2, 0.25) is 0 Å². The summed E-state index contributed by atoms with van der Waals surface area (Å²) in [5.74, 6) is 0.0132. The summed E-state index contributed by atoms with van der Waals surface area (Å²) in [6, 6.07) is 9.73. The van der Waals surface area contributed by atoms with Gasteiger partial charge in [-0.1, -0.05) is 12.1 Å². The first kappa shape index (κ1) is 15.7. The normalized spacial score (nSPS) is 17.7. The van der Waals surface area contributed by atoms with Crippen molar-refractivity contribution in [1.29, 1.82) is 0 Å². The molecule has 0 aliphatic carbocycles. The van der Waals surface area contributed by atoms with E-state index < -0.39 is 0 Å². The van der Waals surface area contributed by atoms with E-state index in [0.717, 1.165) is 36.3 Å². The van der Waals surface area contributed by atoms with Crippen LogP contribution in [0.3, 0.4) is 0 Å². The summed E-state index contributed by atoms with van der Waals surface area (Å²) in [6.07, 6.45) is 1.85. The lowest BCUT2D eigenvalue weighted by Crippen LogP contribution is -2.37. The van der Waals surface area contributed by atoms with E-state index >= 15 is 0 Å². The third-order valence-electron chi connectivity index (χ3n) is 4.49. The minimum absolute atomic E-state index is 0.0132. The number of carbonyl (C=O) groups is 1. The van der Waals surface area contributed by atoms with E-state index in [9.17, 15) is 9.90 Å². The molecule has 0 saturated carbocycles. The maximum absolute atomic E-state index is 12.5. The van der Waals surface area contributed by atoms with E-state index in [-0.39, 0.29) is 18.6 Å². The molecule has 0 bridgehead atoms. The number of hydrogen-bond acceptors (Lipinski definition) is 3. The second kappa shape index (κ2) is 6.54. The van der Waals surface area contributed by atoms with E-state index in [1.807, 2.05) is 42.8 Å². The summed E-state index contributed by atoms with van der Waals surface area (Å²) in [5.41, 5.74) is 3.94. The first-order valence-corrected chi connectivity index (χ1v) is 8.10. The van der Waals surface area contributed by atoms with Crippen LogP contribution in [-0.2, 0) is 6.54 Å². The van der Waals surface area contributed by atoms with Gasteiger partial charge < -0.3 is 10.0 Å². The van der Waals surface area contributed by atoms with Crippen molar-refractivity contribution in [2.75, 3.05) is 13.2 Å². The number of aliphatic hydroxyl groups is 1. The number of benzene rings is 1. The monoisotopic (exact) mass is 313 g/mol. The zero-order valence-corrected chi connectivity index (χ0v) is 13.7. The summed E-state index contributed by atoms with van der Waals surface area (Å²) in [5, 5.41) is 13.8. The third kappa shape index (κ3) is 3.29. The summed E-state index contributed by atoms with van der Waals surface area (Å²) < 4.78 is 1.97. The average molecular weight is 313 g/mol. The van der Waals surface area contributed by atoms with Crippen LogP contribution in [0.2, 0.25) is 0 Å². The Morgan fingerprint density at radius 2 is 2.04 bits per heavy atom. The molecule has 1 aliphatic heterocycles. The van der Waals surface area contributed by atoms with Gasteiger partial charge in [-0.3, -0.25) is 9.48 Å². The first-order chi connectivity index (χ1) is 11.1. The molecule has 0 radical (unpaired) electrons. The molecule has 122 valence electrons. The van der Waals surface area contributed by atoms with Gasteiger partial charge in [-0.05, 0) is 50.5 Å². The van der Waals surface area contributed by atoms with Gasteiger partial charge in [0.25, 0.3) is 5.91 Å². The van der Waals surface area contributed by atoms with Crippen LogP contribution < -0.4 is 0 Å². The first-order valence-electron chi connectivity index (χ1n) is 8.10. The van der Waals surface area contributed by atoms with E-state index in [2.05, 4.69) is 11.2 Å². The molecule has 2 heterocycles. The highest BCUT2D eigenvalue weighted by Crippen LogP contribution is 2.20. The van der Waals surface area contributed by atoms with E-state index in [1.165, 1.54) is 0 Å². The Balaban J connectivity index is 1.72. The summed E-state index contributed by atoms with van der Waals surface area (Å²) in [7, 11) is 0. The number of aliphatic hydroxyl groups excluding tert-OH is 1. The second-order valence-corrected chi connectivity index (χ2v) is 6.26. The van der Waals surface area contributed by atoms with Gasteiger partial charge in [-0.2, -0.15) is 5.10 Å². The average Bonchev–Trinajstić information content (AvgIpc) is 3.14. The van der Waals surface area contributed by atoms with Crippen LogP contribution in [0.4, 0.5) is 0 Å². The quantitative estimate of drug-likeness (QED) is 0.941. The van der Waals surface area contributed by atoms with Crippen molar-refractivity contribution >= 4 is 5.91 Å². The molecule has 2 aromatic rings. The maximum atomic E-state index is 12.5. The minimum atomic E-state index is -0.0307. The molecule has 3 rings (SSSR count). The lowest BCUT2D eigenvalue weighted by molar-refractivity contribution is 0.0677. The molecule has 5 heteroatoms. The molecule has 1 fully saturated rings. The molecule has 1 N–H and O–H groups in total. The molecule has 0 spiro atoms. The van der Waals surface area contributed by atoms with Crippen molar-refractivity contribution in [1.82, 2.24) is 14.7 Å². The number of aromatic nitrogens is 2. The van der Waals surface area contributed by atoms with Crippen molar-refractivity contribution in [3.63, 3.8) is 0 Å². The van der Waals surface area contributed by atoms with Crippen LogP contribution in [0.1, 0.15) is 40.2 Å². The summed E-state index contributed by atoms with van der Waals surface area (Å²) >= 11 is 0. The van der Waals surface area contributed by atoms with E-state index in [0.29, 0.717) is 12.1 Å². The van der Waals surface area contributed by atoms with Crippen molar-refractivity contribution < 1.29 is 9.90 Å². The number of nitrogens with zero attached hydrogens (tertiary/aromatic N) is 3. The van der Waals surface area contributed by atoms with E-state index in [1.54, 1.807) is 4.90 Å². The second-order valence-electron chi connectivity index (χ2n) is 6.26. The minimum Gasteiger partial charge on any atom is -0.394 e. The van der Waals surface area contributed by atoms with Crippen molar-refractivity contribution in [3.8, 4) is 0 Å². The molecule has 23 heavy (non-hydrogen) atoms. The predicted octanol–water partition coefficient (Wildman–Crippen LogP) is 2.15. The fourth-order valence-corrected chi connectivity index (χ4v) is 3.22. The van der Waals surface area contributed by atoms with Crippen LogP contribution in [0.25, 0.3) is 0 Å². The molecule has 1 aromatic heterocycles. The van der Waals surface area contributed by atoms with Crippen molar-refractivity contribution in [2.24, 2.45) is 0 Å².